The summed E-state index contributed by atoms with van der Waals surface area (Å²) in [5.41, 5.74) is -2.28. The fourth-order valence-electron chi connectivity index (χ4n) is 3.13. The third-order valence-electron chi connectivity index (χ3n) is 5.14. The fourth-order valence-corrected chi connectivity index (χ4v) is 6.70. The van der Waals surface area contributed by atoms with Crippen LogP contribution in [0.5, 0.6) is 0 Å². The van der Waals surface area contributed by atoms with Gasteiger partial charge in [0.1, 0.15) is 18.2 Å². The summed E-state index contributed by atoms with van der Waals surface area (Å²) in [5, 5.41) is 10.3. The third kappa shape index (κ3) is 9.44. The van der Waals surface area contributed by atoms with E-state index in [1.165, 1.54) is 6.92 Å². The lowest BCUT2D eigenvalue weighted by Gasteiger charge is -2.28. The second-order valence-corrected chi connectivity index (χ2v) is 14.9. The lowest BCUT2D eigenvalue weighted by molar-refractivity contribution is -0.149. The van der Waals surface area contributed by atoms with Crippen LogP contribution in [0.15, 0.2) is 21.9 Å². The number of aromatic amines is 1. The number of carbonyl (C=O) groups is 2. The highest BCUT2D eigenvalue weighted by Gasteiger charge is 2.58. The Hall–Kier alpha value is -1.16. The number of halogens is 2. The minimum absolute atomic E-state index is 0.0330. The molecule has 39 heavy (non-hydrogen) atoms. The molecular weight excluding hydrogens is 600 g/mol. The van der Waals surface area contributed by atoms with Gasteiger partial charge in [-0.25, -0.2) is 14.3 Å². The summed E-state index contributed by atoms with van der Waals surface area (Å²) in [7, 11) is 0. The highest BCUT2D eigenvalue weighted by molar-refractivity contribution is 8.13. The van der Waals surface area contributed by atoms with Crippen LogP contribution in [-0.2, 0) is 39.9 Å². The molecule has 1 saturated heterocycles. The zero-order valence-corrected chi connectivity index (χ0v) is 25.6. The first-order chi connectivity index (χ1) is 17.9. The molecule has 0 saturated carbocycles. The quantitative estimate of drug-likeness (QED) is 0.134. The molecule has 0 bridgehead atoms. The number of H-pyrrole nitrogens is 1. The number of aromatic nitrogens is 2. The lowest BCUT2D eigenvalue weighted by Crippen LogP contribution is -2.42. The van der Waals surface area contributed by atoms with Crippen LogP contribution in [0.3, 0.4) is 0 Å². The molecule has 1 aliphatic rings. The van der Waals surface area contributed by atoms with Crippen molar-refractivity contribution in [2.75, 3.05) is 19.0 Å². The van der Waals surface area contributed by atoms with E-state index in [1.807, 2.05) is 4.98 Å². The molecule has 12 nitrogen and oxygen atoms in total. The lowest BCUT2D eigenvalue weighted by atomic mass is 10.00. The average Bonchev–Trinajstić information content (AvgIpc) is 3.03. The van der Waals surface area contributed by atoms with Crippen molar-refractivity contribution in [3.05, 3.63) is 33.1 Å². The van der Waals surface area contributed by atoms with Crippen molar-refractivity contribution in [3.63, 3.8) is 0 Å². The molecule has 2 heterocycles. The van der Waals surface area contributed by atoms with Gasteiger partial charge in [-0.1, -0.05) is 44.1 Å². The zero-order chi connectivity index (χ0) is 29.8. The van der Waals surface area contributed by atoms with Crippen LogP contribution < -0.4 is 16.3 Å². The largest absolute Gasteiger partial charge is 0.462 e. The maximum absolute atomic E-state index is 15.3. The molecule has 1 aliphatic heterocycles. The molecule has 1 fully saturated rings. The summed E-state index contributed by atoms with van der Waals surface area (Å²) in [6.07, 6.45) is -4.61. The number of nitrogens with zero attached hydrogens (tertiary/aromatic N) is 1. The average molecular weight is 634 g/mol. The monoisotopic (exact) mass is 633 g/mol. The summed E-state index contributed by atoms with van der Waals surface area (Å²) in [6, 6.07) is 0.00297. The molecule has 0 aromatic carbocycles. The van der Waals surface area contributed by atoms with Crippen LogP contribution in [0.2, 0.25) is 0 Å². The first-order valence-corrected chi connectivity index (χ1v) is 15.9. The van der Waals surface area contributed by atoms with Gasteiger partial charge < -0.3 is 23.6 Å². The van der Waals surface area contributed by atoms with Gasteiger partial charge in [0.2, 0.25) is 0 Å². The van der Waals surface area contributed by atoms with E-state index >= 15 is 4.39 Å². The summed E-state index contributed by atoms with van der Waals surface area (Å²) in [4.78, 5) is 50.0. The van der Waals surface area contributed by atoms with E-state index in [1.54, 1.807) is 34.6 Å². The predicted octanol–water partition coefficient (Wildman–Crippen LogP) is 2.19. The highest BCUT2D eigenvalue weighted by Crippen LogP contribution is 2.48. The number of thioether (sulfide) groups is 1. The second kappa shape index (κ2) is 13.7. The normalized spacial score (nSPS) is 25.8. The van der Waals surface area contributed by atoms with Gasteiger partial charge in [0.05, 0.1) is 19.3 Å². The summed E-state index contributed by atoms with van der Waals surface area (Å²) >= 11 is 12.5. The van der Waals surface area contributed by atoms with Gasteiger partial charge in [0.15, 0.2) is 11.3 Å². The molecule has 1 aromatic rings. The van der Waals surface area contributed by atoms with E-state index in [-0.39, 0.29) is 17.5 Å². The van der Waals surface area contributed by atoms with Crippen molar-refractivity contribution >= 4 is 52.9 Å². The van der Waals surface area contributed by atoms with Crippen LogP contribution in [0.4, 0.5) is 4.39 Å². The van der Waals surface area contributed by atoms with Crippen molar-refractivity contribution < 1.29 is 37.6 Å². The zero-order valence-electron chi connectivity index (χ0n) is 22.3. The van der Waals surface area contributed by atoms with Gasteiger partial charge in [0.25, 0.3) is 17.3 Å². The maximum atomic E-state index is 15.3. The molecule has 0 spiro atoms. The van der Waals surface area contributed by atoms with Crippen molar-refractivity contribution in [1.82, 2.24) is 14.6 Å². The van der Waals surface area contributed by atoms with E-state index in [0.717, 1.165) is 24.0 Å². The number of rotatable bonds is 12. The van der Waals surface area contributed by atoms with E-state index in [4.69, 9.17) is 41.9 Å². The Balaban J connectivity index is 2.16. The number of aliphatic hydroxyl groups excluding tert-OH is 1. The van der Waals surface area contributed by atoms with Crippen LogP contribution in [-0.4, -0.2) is 74.2 Å². The Bertz CT molecular complexity index is 1190. The summed E-state index contributed by atoms with van der Waals surface area (Å²) in [6.45, 7) is 6.09. The predicted molar refractivity (Wildman–Crippen MR) is 148 cm³/mol. The van der Waals surface area contributed by atoms with Crippen LogP contribution in [0.1, 0.15) is 47.8 Å². The third-order valence-corrected chi connectivity index (χ3v) is 9.46. The van der Waals surface area contributed by atoms with Crippen LogP contribution in [0, 0.1) is 5.41 Å². The number of hydrogen-bond acceptors (Lipinski definition) is 11. The van der Waals surface area contributed by atoms with Gasteiger partial charge in [-0.15, -0.1) is 0 Å². The van der Waals surface area contributed by atoms with E-state index < -0.39 is 71.6 Å². The molecule has 17 heteroatoms. The maximum Gasteiger partial charge on any atom is 0.330 e. The minimum Gasteiger partial charge on any atom is -0.462 e. The Morgan fingerprint density at radius 2 is 2.00 bits per heavy atom. The van der Waals surface area contributed by atoms with Crippen molar-refractivity contribution in [1.29, 1.82) is 0 Å². The second-order valence-electron chi connectivity index (χ2n) is 10.0. The molecule has 222 valence electrons. The number of aliphatic hydroxyl groups is 1. The summed E-state index contributed by atoms with van der Waals surface area (Å²) < 4.78 is 38.2. The molecule has 0 amide bonds. The first kappa shape index (κ1) is 34.0. The van der Waals surface area contributed by atoms with E-state index in [9.17, 15) is 24.3 Å². The van der Waals surface area contributed by atoms with E-state index in [2.05, 4.69) is 5.09 Å². The highest BCUT2D eigenvalue weighted by atomic mass is 35.5. The molecule has 0 unspecified atom stereocenters. The smallest absolute Gasteiger partial charge is 0.330 e. The Morgan fingerprint density at radius 1 is 1.36 bits per heavy atom. The van der Waals surface area contributed by atoms with Crippen molar-refractivity contribution in [3.8, 4) is 0 Å². The van der Waals surface area contributed by atoms with Crippen molar-refractivity contribution in [2.24, 2.45) is 5.41 Å². The molecule has 6 atom stereocenters. The number of ether oxygens (including phenoxy) is 2. The fraction of sp³-hybridized carbons (Fsp3) is 0.727. The Labute approximate surface area is 239 Å². The van der Waals surface area contributed by atoms with Gasteiger partial charge in [-0.05, 0) is 32.6 Å². The Kier molecular flexibility index (Phi) is 11.9. The van der Waals surface area contributed by atoms with Gasteiger partial charge >= 0.3 is 11.7 Å². The summed E-state index contributed by atoms with van der Waals surface area (Å²) in [5.74, 6) is -0.388. The van der Waals surface area contributed by atoms with Crippen LogP contribution >= 0.6 is 30.0 Å². The van der Waals surface area contributed by atoms with Crippen LogP contribution in [0.25, 0.3) is 0 Å². The molecule has 3 N–H and O–H groups in total. The van der Waals surface area contributed by atoms with Gasteiger partial charge in [-0.3, -0.25) is 23.9 Å². The van der Waals surface area contributed by atoms with Gasteiger partial charge in [0, 0.05) is 23.4 Å². The molecule has 0 radical (unpaired) electrons. The van der Waals surface area contributed by atoms with Crippen molar-refractivity contribution in [2.45, 2.75) is 77.3 Å². The number of carbonyl (C=O) groups excluding carboxylic acids is 2. The molecule has 1 aromatic heterocycles. The van der Waals surface area contributed by atoms with E-state index in [0.29, 0.717) is 4.57 Å². The molecular formula is C22H34ClFN3O9PS2. The Morgan fingerprint density at radius 3 is 2.56 bits per heavy atom. The number of hydrogen-bond donors (Lipinski definition) is 3. The number of esters is 1. The minimum atomic E-state index is -3.52. The van der Waals surface area contributed by atoms with Gasteiger partial charge in [-0.2, -0.15) is 0 Å². The SMILES string of the molecule is CC(C)OC(=O)[C@@H](C)N[P@](=S)(OCCSC(=O)C(C)(C)C)OC[C@H]1O[C@@H](n2ccc(=O)[nH]c2=O)[C@](F)(Cl)[C@@H]1O. The standard InChI is InChI=1S/C22H34ClFN3O9PS2/c1-12(2)35-17(30)13(3)26-37(38,33-9-10-39-19(31)21(4,5)6)34-11-14-16(29)22(23,24)18(36-14)27-8-7-15(28)25-20(27)32/h7-8,12-14,16,18,29H,9-11H2,1-6H3,(H,26,38)(H,25,28,32)/t13-,14-,16-,18-,22+,37+/m1/s1. The number of nitrogens with one attached hydrogen (secondary N) is 2. The topological polar surface area (TPSA) is 158 Å². The molecule has 0 aliphatic carbocycles. The first-order valence-electron chi connectivity index (χ1n) is 11.9. The molecule has 2 rings (SSSR count). The number of alkyl halides is 2.